The predicted octanol–water partition coefficient (Wildman–Crippen LogP) is 6.57. The average Bonchev–Trinajstić information content (AvgIpc) is 3.65. The molecule has 1 N–H and O–H groups in total. The quantitative estimate of drug-likeness (QED) is 0.283. The maximum Gasteiger partial charge on any atom is 0.407 e. The van der Waals surface area contributed by atoms with Crippen LogP contribution in [-0.4, -0.2) is 47.4 Å². The summed E-state index contributed by atoms with van der Waals surface area (Å²) in [6.07, 6.45) is -1.09. The highest BCUT2D eigenvalue weighted by atomic mass is 32.2. The molecule has 5 rings (SSSR count). The number of epoxide rings is 1. The first-order valence-electron chi connectivity index (χ1n) is 13.8. The second kappa shape index (κ2) is 12.2. The maximum atomic E-state index is 13.2. The van der Waals surface area contributed by atoms with E-state index in [-0.39, 0.29) is 47.2 Å². The number of fused-ring (bicyclic) bond motifs is 3. The molecule has 3 aromatic rings. The summed E-state index contributed by atoms with van der Waals surface area (Å²) < 4.78 is 17.4. The van der Waals surface area contributed by atoms with Gasteiger partial charge in [0.05, 0.1) is 31.3 Å². The van der Waals surface area contributed by atoms with Gasteiger partial charge < -0.3 is 19.5 Å². The van der Waals surface area contributed by atoms with Crippen molar-refractivity contribution in [1.29, 1.82) is 0 Å². The molecule has 0 aromatic heterocycles. The van der Waals surface area contributed by atoms with E-state index >= 15 is 0 Å². The molecule has 1 aliphatic heterocycles. The van der Waals surface area contributed by atoms with Crippen molar-refractivity contribution >= 4 is 23.0 Å². The number of carbonyl (C=O) groups excluding carboxylic acids is 2. The molecule has 3 aromatic carbocycles. The number of hydrogen-bond donors (Lipinski definition) is 1. The summed E-state index contributed by atoms with van der Waals surface area (Å²) in [5, 5.41) is 2.97. The Morgan fingerprint density at radius 3 is 2.12 bits per heavy atom. The first-order chi connectivity index (χ1) is 19.2. The molecule has 1 heterocycles. The van der Waals surface area contributed by atoms with E-state index in [9.17, 15) is 9.59 Å². The van der Waals surface area contributed by atoms with E-state index in [1.807, 2.05) is 82.3 Å². The van der Waals surface area contributed by atoms with Gasteiger partial charge in [-0.05, 0) is 34.7 Å². The zero-order chi connectivity index (χ0) is 28.3. The fraction of sp³-hybridized carbons (Fsp3) is 0.394. The minimum atomic E-state index is -0.490. The van der Waals surface area contributed by atoms with Crippen LogP contribution in [0.25, 0.3) is 11.1 Å². The summed E-state index contributed by atoms with van der Waals surface area (Å²) in [6, 6.07) is 26.1. The van der Waals surface area contributed by atoms with E-state index in [1.54, 1.807) is 0 Å². The van der Waals surface area contributed by atoms with Gasteiger partial charge in [-0.2, -0.15) is 0 Å². The van der Waals surface area contributed by atoms with Crippen LogP contribution in [0.3, 0.4) is 0 Å². The molecule has 0 radical (unpaired) electrons. The van der Waals surface area contributed by atoms with Crippen molar-refractivity contribution in [3.63, 3.8) is 0 Å². The standard InChI is InChI=1S/C33H37NO5S/c1-21(34-32(36)38-20-27-25-16-10-8-14-23(25)24-15-9-11-17-26(24)27)29-30(39-29)28(31(35)40-33(2,3)4)19-37-18-22-12-6-5-7-13-22/h5-17,21,27-30H,18-20H2,1-4H3,(H,34,36)/t21-,28-,29+,30+/m0/s1. The second-order valence-electron chi connectivity index (χ2n) is 11.5. The highest BCUT2D eigenvalue weighted by Gasteiger charge is 2.51. The van der Waals surface area contributed by atoms with Crippen LogP contribution in [0.2, 0.25) is 0 Å². The Morgan fingerprint density at radius 2 is 1.50 bits per heavy atom. The Hall–Kier alpha value is -3.13. The summed E-state index contributed by atoms with van der Waals surface area (Å²) in [4.78, 5) is 26.0. The maximum absolute atomic E-state index is 13.2. The molecular weight excluding hydrogens is 522 g/mol. The van der Waals surface area contributed by atoms with Crippen molar-refractivity contribution in [3.8, 4) is 11.1 Å². The Labute approximate surface area is 240 Å². The SMILES string of the molecule is C[C@H](NC(=O)OCC1c2ccccc2-c2ccccc21)[C@H]1O[C@@H]1[C@H](COCc1ccccc1)C(=O)SC(C)(C)C. The molecule has 1 saturated heterocycles. The smallest absolute Gasteiger partial charge is 0.407 e. The molecule has 210 valence electrons. The minimum Gasteiger partial charge on any atom is -0.449 e. The average molecular weight is 560 g/mol. The van der Waals surface area contributed by atoms with Crippen LogP contribution in [0.4, 0.5) is 4.79 Å². The normalized spacial score (nSPS) is 19.3. The molecule has 4 atom stereocenters. The van der Waals surface area contributed by atoms with E-state index in [1.165, 1.54) is 34.0 Å². The van der Waals surface area contributed by atoms with Crippen molar-refractivity contribution in [2.75, 3.05) is 13.2 Å². The first-order valence-corrected chi connectivity index (χ1v) is 14.6. The van der Waals surface area contributed by atoms with E-state index in [0.29, 0.717) is 6.61 Å². The van der Waals surface area contributed by atoms with E-state index in [0.717, 1.165) is 5.56 Å². The van der Waals surface area contributed by atoms with Gasteiger partial charge in [-0.15, -0.1) is 0 Å². The molecule has 0 unspecified atom stereocenters. The number of alkyl carbamates (subject to hydrolysis) is 1. The molecule has 0 saturated carbocycles. The van der Waals surface area contributed by atoms with Gasteiger partial charge in [-0.3, -0.25) is 4.79 Å². The second-order valence-corrected chi connectivity index (χ2v) is 13.3. The van der Waals surface area contributed by atoms with Gasteiger partial charge in [0, 0.05) is 10.7 Å². The van der Waals surface area contributed by atoms with E-state index in [4.69, 9.17) is 14.2 Å². The summed E-state index contributed by atoms with van der Waals surface area (Å²) in [5.74, 6) is -0.429. The molecule has 7 heteroatoms. The summed E-state index contributed by atoms with van der Waals surface area (Å²) in [6.45, 7) is 8.87. The fourth-order valence-electron chi connectivity index (χ4n) is 5.32. The van der Waals surface area contributed by atoms with Crippen molar-refractivity contribution in [2.24, 2.45) is 5.92 Å². The van der Waals surface area contributed by atoms with Crippen LogP contribution in [0.15, 0.2) is 78.9 Å². The van der Waals surface area contributed by atoms with Crippen LogP contribution in [0.1, 0.15) is 50.3 Å². The van der Waals surface area contributed by atoms with Crippen LogP contribution in [0, 0.1) is 5.92 Å². The molecule has 6 nitrogen and oxygen atoms in total. The lowest BCUT2D eigenvalue weighted by Gasteiger charge is -2.21. The number of carbonyl (C=O) groups is 2. The number of thioether (sulfide) groups is 1. The van der Waals surface area contributed by atoms with Gasteiger partial charge in [-0.25, -0.2) is 4.79 Å². The molecule has 40 heavy (non-hydrogen) atoms. The topological polar surface area (TPSA) is 77.2 Å². The molecule has 0 spiro atoms. The third-order valence-corrected chi connectivity index (χ3v) is 8.37. The number of rotatable bonds is 10. The number of ether oxygens (including phenoxy) is 3. The molecule has 2 aliphatic rings. The summed E-state index contributed by atoms with van der Waals surface area (Å²) in [7, 11) is 0. The lowest BCUT2D eigenvalue weighted by atomic mass is 9.98. The number of nitrogens with one attached hydrogen (secondary N) is 1. The highest BCUT2D eigenvalue weighted by molar-refractivity contribution is 8.14. The van der Waals surface area contributed by atoms with Gasteiger partial charge in [0.2, 0.25) is 0 Å². The number of benzene rings is 3. The zero-order valence-electron chi connectivity index (χ0n) is 23.5. The zero-order valence-corrected chi connectivity index (χ0v) is 24.3. The van der Waals surface area contributed by atoms with Gasteiger partial charge in [0.15, 0.2) is 5.12 Å². The Bertz CT molecular complexity index is 1290. The van der Waals surface area contributed by atoms with Crippen molar-refractivity contribution < 1.29 is 23.8 Å². The largest absolute Gasteiger partial charge is 0.449 e. The lowest BCUT2D eigenvalue weighted by Crippen LogP contribution is -2.39. The van der Waals surface area contributed by atoms with Crippen molar-refractivity contribution in [3.05, 3.63) is 95.6 Å². The van der Waals surface area contributed by atoms with Crippen LogP contribution < -0.4 is 5.32 Å². The molecular formula is C33H37NO5S. The monoisotopic (exact) mass is 559 g/mol. The van der Waals surface area contributed by atoms with Gasteiger partial charge in [0.1, 0.15) is 12.7 Å². The molecule has 0 bridgehead atoms. The van der Waals surface area contributed by atoms with Gasteiger partial charge in [-0.1, -0.05) is 111 Å². The predicted molar refractivity (Wildman–Crippen MR) is 158 cm³/mol. The Balaban J connectivity index is 1.16. The number of amides is 1. The van der Waals surface area contributed by atoms with E-state index < -0.39 is 12.0 Å². The van der Waals surface area contributed by atoms with Crippen LogP contribution in [0.5, 0.6) is 0 Å². The molecule has 1 fully saturated rings. The molecule has 1 aliphatic carbocycles. The number of hydrogen-bond acceptors (Lipinski definition) is 6. The van der Waals surface area contributed by atoms with Gasteiger partial charge in [0.25, 0.3) is 0 Å². The third kappa shape index (κ3) is 6.77. The van der Waals surface area contributed by atoms with Crippen molar-refractivity contribution in [1.82, 2.24) is 5.32 Å². The third-order valence-electron chi connectivity index (χ3n) is 7.26. The van der Waals surface area contributed by atoms with Crippen LogP contribution in [-0.2, 0) is 25.6 Å². The highest BCUT2D eigenvalue weighted by Crippen LogP contribution is 2.44. The molecule has 1 amide bonds. The lowest BCUT2D eigenvalue weighted by molar-refractivity contribution is -0.117. The summed E-state index contributed by atoms with van der Waals surface area (Å²) in [5.41, 5.74) is 5.77. The summed E-state index contributed by atoms with van der Waals surface area (Å²) >= 11 is 1.31. The fourth-order valence-corrected chi connectivity index (χ4v) is 6.28. The van der Waals surface area contributed by atoms with E-state index in [2.05, 4.69) is 29.6 Å². The van der Waals surface area contributed by atoms with Gasteiger partial charge >= 0.3 is 6.09 Å². The Morgan fingerprint density at radius 1 is 0.900 bits per heavy atom. The minimum absolute atomic E-state index is 0.00318. The van der Waals surface area contributed by atoms with Crippen LogP contribution >= 0.6 is 11.8 Å². The first kappa shape index (κ1) is 28.4. The Kier molecular flexibility index (Phi) is 8.64. The van der Waals surface area contributed by atoms with Crippen molar-refractivity contribution in [2.45, 2.75) is 63.2 Å².